The fourth-order valence-corrected chi connectivity index (χ4v) is 2.45. The van der Waals surface area contributed by atoms with Gasteiger partial charge < -0.3 is 4.90 Å². The van der Waals surface area contributed by atoms with Gasteiger partial charge in [-0.25, -0.2) is 0 Å². The van der Waals surface area contributed by atoms with Crippen LogP contribution in [0.1, 0.15) is 31.2 Å². The lowest BCUT2D eigenvalue weighted by molar-refractivity contribution is 0.464. The van der Waals surface area contributed by atoms with Crippen LogP contribution < -0.4 is 4.90 Å². The van der Waals surface area contributed by atoms with Crippen LogP contribution in [0.4, 0.5) is 5.69 Å². The smallest absolute Gasteiger partial charge is 0.101 e. The summed E-state index contributed by atoms with van der Waals surface area (Å²) in [6.45, 7) is 0.949. The van der Waals surface area contributed by atoms with Gasteiger partial charge in [-0.15, -0.1) is 0 Å². The first-order chi connectivity index (χ1) is 8.36. The lowest BCUT2D eigenvalue weighted by atomic mass is 9.98. The minimum absolute atomic E-state index is 0.267. The molecule has 1 saturated heterocycles. The Morgan fingerprint density at radius 3 is 2.82 bits per heavy atom. The number of para-hydroxylation sites is 1. The van der Waals surface area contributed by atoms with Gasteiger partial charge in [-0.05, 0) is 31.4 Å². The monoisotopic (exact) mass is 225 g/mol. The Kier molecular flexibility index (Phi) is 3.62. The number of nitrogens with zero attached hydrogens (tertiary/aromatic N) is 3. The Morgan fingerprint density at radius 2 is 2.06 bits per heavy atom. The second-order valence-electron chi connectivity index (χ2n) is 4.33. The summed E-state index contributed by atoms with van der Waals surface area (Å²) in [6, 6.07) is 12.4. The molecule has 0 N–H and O–H groups in total. The van der Waals surface area contributed by atoms with Crippen LogP contribution in [0.2, 0.25) is 0 Å². The molecule has 1 aliphatic rings. The Bertz CT molecular complexity index is 467. The first-order valence-corrected chi connectivity index (χ1v) is 5.99. The zero-order valence-electron chi connectivity index (χ0n) is 9.76. The SMILES string of the molecule is N#CCC1CCCCN1c1ccccc1C#N. The summed E-state index contributed by atoms with van der Waals surface area (Å²) in [5, 5.41) is 18.0. The van der Waals surface area contributed by atoms with Gasteiger partial charge in [-0.3, -0.25) is 0 Å². The maximum atomic E-state index is 9.12. The Balaban J connectivity index is 2.30. The van der Waals surface area contributed by atoms with Gasteiger partial charge >= 0.3 is 0 Å². The minimum atomic E-state index is 0.267. The van der Waals surface area contributed by atoms with Gasteiger partial charge in [-0.2, -0.15) is 10.5 Å². The van der Waals surface area contributed by atoms with Gasteiger partial charge in [0.25, 0.3) is 0 Å². The lowest BCUT2D eigenvalue weighted by Gasteiger charge is -2.36. The van der Waals surface area contributed by atoms with Crippen molar-refractivity contribution in [3.05, 3.63) is 29.8 Å². The second kappa shape index (κ2) is 5.37. The van der Waals surface area contributed by atoms with Gasteiger partial charge in [0, 0.05) is 12.6 Å². The maximum absolute atomic E-state index is 9.12. The van der Waals surface area contributed by atoms with Crippen molar-refractivity contribution < 1.29 is 0 Å². The van der Waals surface area contributed by atoms with Crippen molar-refractivity contribution in [1.82, 2.24) is 0 Å². The van der Waals surface area contributed by atoms with Crippen LogP contribution in [0, 0.1) is 22.7 Å². The molecule has 2 rings (SSSR count). The van der Waals surface area contributed by atoms with E-state index in [9.17, 15) is 0 Å². The molecule has 0 aromatic heterocycles. The van der Waals surface area contributed by atoms with E-state index in [0.29, 0.717) is 12.0 Å². The molecule has 0 spiro atoms. The summed E-state index contributed by atoms with van der Waals surface area (Å²) in [5.74, 6) is 0. The largest absolute Gasteiger partial charge is 0.366 e. The summed E-state index contributed by atoms with van der Waals surface area (Å²) in [5.41, 5.74) is 1.69. The van der Waals surface area contributed by atoms with Crippen molar-refractivity contribution in [3.63, 3.8) is 0 Å². The molecule has 1 aromatic rings. The molecule has 86 valence electrons. The van der Waals surface area contributed by atoms with Crippen LogP contribution in [0.5, 0.6) is 0 Å². The quantitative estimate of drug-likeness (QED) is 0.777. The highest BCUT2D eigenvalue weighted by Gasteiger charge is 2.23. The fourth-order valence-electron chi connectivity index (χ4n) is 2.45. The molecule has 3 heteroatoms. The van der Waals surface area contributed by atoms with Crippen LogP contribution in [0.15, 0.2) is 24.3 Å². The van der Waals surface area contributed by atoms with Crippen LogP contribution in [0.25, 0.3) is 0 Å². The van der Waals surface area contributed by atoms with Crippen LogP contribution in [-0.4, -0.2) is 12.6 Å². The van der Waals surface area contributed by atoms with Crippen molar-refractivity contribution in [2.75, 3.05) is 11.4 Å². The van der Waals surface area contributed by atoms with Gasteiger partial charge in [0.1, 0.15) is 6.07 Å². The minimum Gasteiger partial charge on any atom is -0.366 e. The van der Waals surface area contributed by atoms with Crippen molar-refractivity contribution in [1.29, 1.82) is 10.5 Å². The molecule has 17 heavy (non-hydrogen) atoms. The van der Waals surface area contributed by atoms with E-state index < -0.39 is 0 Å². The molecule has 0 saturated carbocycles. The van der Waals surface area contributed by atoms with E-state index in [0.717, 1.165) is 25.1 Å². The topological polar surface area (TPSA) is 50.8 Å². The fraction of sp³-hybridized carbons (Fsp3) is 0.429. The van der Waals surface area contributed by atoms with E-state index in [2.05, 4.69) is 17.0 Å². The van der Waals surface area contributed by atoms with E-state index >= 15 is 0 Å². The summed E-state index contributed by atoms with van der Waals surface area (Å²) < 4.78 is 0. The van der Waals surface area contributed by atoms with E-state index in [1.54, 1.807) is 0 Å². The van der Waals surface area contributed by atoms with E-state index in [1.807, 2.05) is 24.3 Å². The highest BCUT2D eigenvalue weighted by atomic mass is 15.2. The van der Waals surface area contributed by atoms with Gasteiger partial charge in [0.15, 0.2) is 0 Å². The molecular formula is C14H15N3. The number of benzene rings is 1. The molecule has 1 aromatic carbocycles. The van der Waals surface area contributed by atoms with Crippen molar-refractivity contribution in [3.8, 4) is 12.1 Å². The molecule has 0 aliphatic carbocycles. The first kappa shape index (κ1) is 11.5. The second-order valence-corrected chi connectivity index (χ2v) is 4.33. The number of anilines is 1. The molecule has 0 radical (unpaired) electrons. The predicted octanol–water partition coefficient (Wildman–Crippen LogP) is 2.83. The van der Waals surface area contributed by atoms with Crippen molar-refractivity contribution >= 4 is 5.69 Å². The maximum Gasteiger partial charge on any atom is 0.101 e. The Morgan fingerprint density at radius 1 is 1.24 bits per heavy atom. The van der Waals surface area contributed by atoms with Gasteiger partial charge in [-0.1, -0.05) is 12.1 Å². The highest BCUT2D eigenvalue weighted by molar-refractivity contribution is 5.60. The lowest BCUT2D eigenvalue weighted by Crippen LogP contribution is -2.39. The van der Waals surface area contributed by atoms with Crippen LogP contribution in [-0.2, 0) is 0 Å². The molecule has 1 atom stereocenters. The number of hydrogen-bond donors (Lipinski definition) is 0. The zero-order chi connectivity index (χ0) is 12.1. The molecule has 1 fully saturated rings. The standard InChI is InChI=1S/C14H15N3/c15-9-8-13-6-3-4-10-17(13)14-7-2-1-5-12(14)11-16/h1-2,5,7,13H,3-4,6,8,10H2. The average Bonchev–Trinajstić information content (AvgIpc) is 2.40. The van der Waals surface area contributed by atoms with E-state index in [-0.39, 0.29) is 6.04 Å². The third-order valence-electron chi connectivity index (χ3n) is 3.29. The third-order valence-corrected chi connectivity index (χ3v) is 3.29. The van der Waals surface area contributed by atoms with Gasteiger partial charge in [0.2, 0.25) is 0 Å². The Hall–Kier alpha value is -2.00. The molecule has 0 amide bonds. The zero-order valence-corrected chi connectivity index (χ0v) is 9.76. The molecule has 0 bridgehead atoms. The highest BCUT2D eigenvalue weighted by Crippen LogP contribution is 2.28. The average molecular weight is 225 g/mol. The van der Waals surface area contributed by atoms with Crippen molar-refractivity contribution in [2.45, 2.75) is 31.7 Å². The molecule has 3 nitrogen and oxygen atoms in total. The molecule has 1 unspecified atom stereocenters. The Labute approximate surface area is 102 Å². The third kappa shape index (κ3) is 2.40. The van der Waals surface area contributed by atoms with E-state index in [1.165, 1.54) is 6.42 Å². The van der Waals surface area contributed by atoms with Crippen LogP contribution in [0.3, 0.4) is 0 Å². The number of hydrogen-bond acceptors (Lipinski definition) is 3. The number of rotatable bonds is 2. The van der Waals surface area contributed by atoms with E-state index in [4.69, 9.17) is 10.5 Å². The normalized spacial score (nSPS) is 19.4. The van der Waals surface area contributed by atoms with Crippen LogP contribution >= 0.6 is 0 Å². The summed E-state index contributed by atoms with van der Waals surface area (Å²) in [6.07, 6.45) is 3.91. The predicted molar refractivity (Wildman–Crippen MR) is 66.4 cm³/mol. The summed E-state index contributed by atoms with van der Waals surface area (Å²) in [7, 11) is 0. The molecule has 1 aliphatic heterocycles. The molecular weight excluding hydrogens is 210 g/mol. The number of nitriles is 2. The summed E-state index contributed by atoms with van der Waals surface area (Å²) >= 11 is 0. The molecule has 1 heterocycles. The summed E-state index contributed by atoms with van der Waals surface area (Å²) in [4.78, 5) is 2.23. The first-order valence-electron chi connectivity index (χ1n) is 5.99. The number of piperidine rings is 1. The van der Waals surface area contributed by atoms with Crippen molar-refractivity contribution in [2.24, 2.45) is 0 Å². The van der Waals surface area contributed by atoms with Gasteiger partial charge in [0.05, 0.1) is 23.7 Å².